The van der Waals surface area contributed by atoms with Gasteiger partial charge in [-0.1, -0.05) is 0 Å². The van der Waals surface area contributed by atoms with E-state index < -0.39 is 11.9 Å². The van der Waals surface area contributed by atoms with Gasteiger partial charge in [0.25, 0.3) is 0 Å². The minimum absolute atomic E-state index is 0. The van der Waals surface area contributed by atoms with Crippen molar-refractivity contribution in [3.63, 3.8) is 0 Å². The Morgan fingerprint density at radius 3 is 1.00 bits per heavy atom. The van der Waals surface area contributed by atoms with E-state index in [1.54, 1.807) is 0 Å². The molecule has 0 fully saturated rings. The van der Waals surface area contributed by atoms with E-state index in [1.165, 1.54) is 0 Å². The minimum atomic E-state index is -1.08. The van der Waals surface area contributed by atoms with E-state index in [-0.39, 0.29) is 36.5 Å². The van der Waals surface area contributed by atoms with Gasteiger partial charge < -0.3 is 19.8 Å². The smallest absolute Gasteiger partial charge is 0.550 e. The van der Waals surface area contributed by atoms with Crippen LogP contribution in [0.4, 0.5) is 0 Å². The van der Waals surface area contributed by atoms with Crippen LogP contribution in [-0.2, 0) is 46.1 Å². The van der Waals surface area contributed by atoms with E-state index in [0.717, 1.165) is 13.8 Å². The van der Waals surface area contributed by atoms with Crippen molar-refractivity contribution in [1.82, 2.24) is 0 Å². The van der Waals surface area contributed by atoms with E-state index in [2.05, 4.69) is 0 Å². The molecule has 0 rings (SSSR count). The number of carbonyl (C=O) groups is 2. The molecular weight excluding hydrogens is 241 g/mol. The van der Waals surface area contributed by atoms with Crippen LogP contribution in [0.25, 0.3) is 0 Å². The number of rotatable bonds is 0. The fourth-order valence-corrected chi connectivity index (χ4v) is 0. The number of carboxylic acids is 2. The van der Waals surface area contributed by atoms with Crippen LogP contribution in [0.2, 0.25) is 0 Å². The van der Waals surface area contributed by atoms with Crippen molar-refractivity contribution in [1.29, 1.82) is 0 Å². The second-order valence-corrected chi connectivity index (χ2v) is 0.983. The first-order valence-electron chi connectivity index (χ1n) is 1.82. The molecule has 0 amide bonds. The normalized spacial score (nSPS) is 5.00. The summed E-state index contributed by atoms with van der Waals surface area (Å²) >= 11 is 0. The molecule has 0 N–H and O–H groups in total. The number of carbonyl (C=O) groups excluding carboxylic acids is 2. The van der Waals surface area contributed by atoms with Crippen LogP contribution in [0, 0.1) is 0 Å². The first kappa shape index (κ1) is 22.5. The van der Waals surface area contributed by atoms with E-state index in [4.69, 9.17) is 19.8 Å². The van der Waals surface area contributed by atoms with Crippen LogP contribution < -0.4 is 10.2 Å². The molecule has 0 unspecified atom stereocenters. The Labute approximate surface area is 82.2 Å². The van der Waals surface area contributed by atoms with Crippen molar-refractivity contribution in [3.05, 3.63) is 0 Å². The largest absolute Gasteiger partial charge is 2.00 e. The van der Waals surface area contributed by atoms with Crippen molar-refractivity contribution in [3.8, 4) is 0 Å². The molecule has 0 heterocycles. The standard InChI is InChI=1S/2C2H4O2.Cu.Zn/c2*1-2(3)4;;/h2*1H3,(H,3,4);;/q;;2*+2/p-2. The van der Waals surface area contributed by atoms with E-state index in [9.17, 15) is 0 Å². The van der Waals surface area contributed by atoms with E-state index >= 15 is 0 Å². The summed E-state index contributed by atoms with van der Waals surface area (Å²) in [6, 6.07) is 0. The van der Waals surface area contributed by atoms with Gasteiger partial charge in [0.15, 0.2) is 0 Å². The van der Waals surface area contributed by atoms with Crippen molar-refractivity contribution in [2.24, 2.45) is 0 Å². The zero-order valence-electron chi connectivity index (χ0n) is 5.64. The van der Waals surface area contributed by atoms with Crippen LogP contribution in [0.15, 0.2) is 0 Å². The zero-order chi connectivity index (χ0) is 7.15. The minimum Gasteiger partial charge on any atom is -0.550 e. The van der Waals surface area contributed by atoms with Crippen molar-refractivity contribution < 1.29 is 56.3 Å². The predicted molar refractivity (Wildman–Crippen MR) is 21.4 cm³/mol. The Morgan fingerprint density at radius 1 is 1.00 bits per heavy atom. The van der Waals surface area contributed by atoms with Crippen molar-refractivity contribution in [2.75, 3.05) is 0 Å². The van der Waals surface area contributed by atoms with E-state index in [0.29, 0.717) is 0 Å². The van der Waals surface area contributed by atoms with Crippen LogP contribution in [0.5, 0.6) is 0 Å². The first-order valence-corrected chi connectivity index (χ1v) is 1.82. The quantitative estimate of drug-likeness (QED) is 0.443. The molecule has 0 aliphatic carbocycles. The average molecular weight is 247 g/mol. The van der Waals surface area contributed by atoms with Gasteiger partial charge in [0.2, 0.25) is 0 Å². The predicted octanol–water partition coefficient (Wildman–Crippen LogP) is -2.49. The molecule has 0 saturated carbocycles. The molecule has 0 aromatic carbocycles. The summed E-state index contributed by atoms with van der Waals surface area (Å²) < 4.78 is 0. The van der Waals surface area contributed by atoms with Crippen molar-refractivity contribution in [2.45, 2.75) is 13.8 Å². The fraction of sp³-hybridized carbons (Fsp3) is 0.500. The molecule has 0 aliphatic heterocycles. The molecule has 0 bridgehead atoms. The molecule has 0 saturated heterocycles. The third-order valence-corrected chi connectivity index (χ3v) is 0. The molecule has 10 heavy (non-hydrogen) atoms. The van der Waals surface area contributed by atoms with Gasteiger partial charge in [0, 0.05) is 11.9 Å². The summed E-state index contributed by atoms with van der Waals surface area (Å²) in [5.74, 6) is -2.17. The molecule has 0 aliphatic rings. The molecular formula is C4H6CuO4Zn+2. The summed E-state index contributed by atoms with van der Waals surface area (Å²) in [6.07, 6.45) is 0. The first-order chi connectivity index (χ1) is 3.46. The molecule has 1 radical (unpaired) electrons. The molecule has 0 spiro atoms. The van der Waals surface area contributed by atoms with Gasteiger partial charge in [0.05, 0.1) is 0 Å². The average Bonchev–Trinajstić information content (AvgIpc) is 1.25. The topological polar surface area (TPSA) is 80.3 Å². The van der Waals surface area contributed by atoms with Crippen molar-refractivity contribution >= 4 is 11.9 Å². The van der Waals surface area contributed by atoms with Gasteiger partial charge in [-0.05, 0) is 13.8 Å². The van der Waals surface area contributed by atoms with Crippen LogP contribution >= 0.6 is 0 Å². The Kier molecular flexibility index (Phi) is 36.1. The fourth-order valence-electron chi connectivity index (χ4n) is 0. The summed E-state index contributed by atoms with van der Waals surface area (Å²) in [5.41, 5.74) is 0. The Hall–Kier alpha value is 0.0829. The van der Waals surface area contributed by atoms with Crippen LogP contribution in [0.3, 0.4) is 0 Å². The second kappa shape index (κ2) is 16.0. The number of hydrogen-bond acceptors (Lipinski definition) is 4. The number of hydrogen-bond donors (Lipinski definition) is 0. The SMILES string of the molecule is CC(=O)[O-].CC(=O)[O-].[Cu+2].[Zn+2]. The third-order valence-electron chi connectivity index (χ3n) is 0. The maximum Gasteiger partial charge on any atom is 2.00 e. The second-order valence-electron chi connectivity index (χ2n) is 0.983. The maximum absolute atomic E-state index is 8.89. The van der Waals surface area contributed by atoms with Gasteiger partial charge in [-0.15, -0.1) is 0 Å². The van der Waals surface area contributed by atoms with Crippen LogP contribution in [-0.4, -0.2) is 11.9 Å². The Balaban J connectivity index is -0.0000000300. The zero-order valence-corrected chi connectivity index (χ0v) is 9.55. The molecule has 0 atom stereocenters. The molecule has 4 nitrogen and oxygen atoms in total. The van der Waals surface area contributed by atoms with Crippen LogP contribution in [0.1, 0.15) is 13.8 Å². The third kappa shape index (κ3) is 59100. The Morgan fingerprint density at radius 2 is 1.00 bits per heavy atom. The molecule has 6 heteroatoms. The summed E-state index contributed by atoms with van der Waals surface area (Å²) in [6.45, 7) is 1.94. The number of carboxylic acid groups (broad SMARTS) is 2. The monoisotopic (exact) mass is 245 g/mol. The maximum atomic E-state index is 8.89. The Bertz CT molecular complexity index is 75.3. The number of aliphatic carboxylic acids is 2. The molecule has 0 aromatic rings. The summed E-state index contributed by atoms with van der Waals surface area (Å²) in [7, 11) is 0. The summed E-state index contributed by atoms with van der Waals surface area (Å²) in [5, 5.41) is 17.8. The van der Waals surface area contributed by atoms with Gasteiger partial charge in [-0.25, -0.2) is 0 Å². The van der Waals surface area contributed by atoms with E-state index in [1.807, 2.05) is 0 Å². The van der Waals surface area contributed by atoms with Gasteiger partial charge in [-0.3, -0.25) is 0 Å². The van der Waals surface area contributed by atoms with Gasteiger partial charge in [0.1, 0.15) is 0 Å². The molecule has 57 valence electrons. The van der Waals surface area contributed by atoms with Gasteiger partial charge >= 0.3 is 36.5 Å². The van der Waals surface area contributed by atoms with Gasteiger partial charge in [-0.2, -0.15) is 0 Å². The molecule has 0 aromatic heterocycles. The summed E-state index contributed by atoms with van der Waals surface area (Å²) in [4.78, 5) is 17.8.